The van der Waals surface area contributed by atoms with Crippen molar-refractivity contribution in [3.8, 4) is 0 Å². The van der Waals surface area contributed by atoms with Crippen LogP contribution in [0.3, 0.4) is 0 Å². The third kappa shape index (κ3) is 4.72. The molecule has 1 amide bonds. The van der Waals surface area contributed by atoms with Gasteiger partial charge in [-0.25, -0.2) is 9.89 Å². The van der Waals surface area contributed by atoms with Gasteiger partial charge in [-0.15, -0.1) is 5.10 Å². The molecule has 2 aromatic carbocycles. The number of aromatic amines is 1. The first kappa shape index (κ1) is 19.9. The number of nitrogens with zero attached hydrogens (tertiary/aromatic N) is 3. The van der Waals surface area contributed by atoms with E-state index in [4.69, 9.17) is 0 Å². The SMILES string of the molecule is CCN(C(=O)C(C)Sc1n[nH]c(=O)n1CCc1ccccc1)c1ccccc1. The van der Waals surface area contributed by atoms with E-state index in [0.717, 1.165) is 17.7 Å². The standard InChI is InChI=1S/C21H24N4O2S/c1-3-24(18-12-8-5-9-13-18)19(26)16(2)28-21-23-22-20(27)25(21)15-14-17-10-6-4-7-11-17/h4-13,16H,3,14-15H2,1-2H3,(H,22,27). The molecule has 146 valence electrons. The largest absolute Gasteiger partial charge is 0.343 e. The van der Waals surface area contributed by atoms with E-state index in [-0.39, 0.29) is 16.8 Å². The first-order valence-electron chi connectivity index (χ1n) is 9.32. The van der Waals surface area contributed by atoms with Crippen molar-refractivity contribution in [3.63, 3.8) is 0 Å². The molecule has 3 aromatic rings. The van der Waals surface area contributed by atoms with Crippen molar-refractivity contribution in [2.45, 2.75) is 37.2 Å². The molecule has 0 aliphatic heterocycles. The van der Waals surface area contributed by atoms with E-state index in [0.29, 0.717) is 18.2 Å². The number of benzene rings is 2. The highest BCUT2D eigenvalue weighted by molar-refractivity contribution is 8.00. The Balaban J connectivity index is 1.71. The number of H-pyrrole nitrogens is 1. The maximum absolute atomic E-state index is 13.0. The number of rotatable bonds is 8. The van der Waals surface area contributed by atoms with Gasteiger partial charge in [0.1, 0.15) is 0 Å². The number of thioether (sulfide) groups is 1. The lowest BCUT2D eigenvalue weighted by Gasteiger charge is -2.24. The molecule has 0 aliphatic rings. The van der Waals surface area contributed by atoms with Crippen molar-refractivity contribution in [2.75, 3.05) is 11.4 Å². The summed E-state index contributed by atoms with van der Waals surface area (Å²) in [6.45, 7) is 4.89. The van der Waals surface area contributed by atoms with Gasteiger partial charge in [-0.3, -0.25) is 9.36 Å². The molecule has 0 radical (unpaired) electrons. The summed E-state index contributed by atoms with van der Waals surface area (Å²) in [5.74, 6) is -0.0104. The average Bonchev–Trinajstić information content (AvgIpc) is 3.07. The lowest BCUT2D eigenvalue weighted by Crippen LogP contribution is -2.36. The monoisotopic (exact) mass is 396 g/mol. The van der Waals surface area contributed by atoms with Gasteiger partial charge in [0.15, 0.2) is 5.16 Å². The fourth-order valence-corrected chi connectivity index (χ4v) is 3.92. The second kappa shape index (κ2) is 9.41. The van der Waals surface area contributed by atoms with Gasteiger partial charge in [0.2, 0.25) is 5.91 Å². The van der Waals surface area contributed by atoms with Crippen LogP contribution in [-0.2, 0) is 17.8 Å². The van der Waals surface area contributed by atoms with E-state index in [9.17, 15) is 9.59 Å². The molecule has 0 saturated carbocycles. The molecule has 6 nitrogen and oxygen atoms in total. The number of carbonyl (C=O) groups excluding carboxylic acids is 1. The normalized spacial score (nSPS) is 11.9. The highest BCUT2D eigenvalue weighted by Crippen LogP contribution is 2.24. The summed E-state index contributed by atoms with van der Waals surface area (Å²) in [5, 5.41) is 6.79. The summed E-state index contributed by atoms with van der Waals surface area (Å²) >= 11 is 1.30. The molecule has 7 heteroatoms. The number of anilines is 1. The van der Waals surface area contributed by atoms with Crippen LogP contribution >= 0.6 is 11.8 Å². The topological polar surface area (TPSA) is 71.0 Å². The van der Waals surface area contributed by atoms with Gasteiger partial charge in [-0.05, 0) is 38.0 Å². The number of para-hydroxylation sites is 1. The molecule has 3 rings (SSSR count). The summed E-state index contributed by atoms with van der Waals surface area (Å²) in [6, 6.07) is 19.6. The Hall–Kier alpha value is -2.80. The van der Waals surface area contributed by atoms with Crippen LogP contribution in [0.1, 0.15) is 19.4 Å². The van der Waals surface area contributed by atoms with Gasteiger partial charge in [-0.1, -0.05) is 60.3 Å². The molecule has 28 heavy (non-hydrogen) atoms. The van der Waals surface area contributed by atoms with E-state index in [2.05, 4.69) is 10.2 Å². The minimum absolute atomic E-state index is 0.0104. The van der Waals surface area contributed by atoms with E-state index >= 15 is 0 Å². The third-order valence-electron chi connectivity index (χ3n) is 4.47. The maximum Gasteiger partial charge on any atom is 0.343 e. The van der Waals surface area contributed by atoms with Crippen LogP contribution in [-0.4, -0.2) is 32.5 Å². The Morgan fingerprint density at radius 1 is 1.14 bits per heavy atom. The average molecular weight is 397 g/mol. The second-order valence-electron chi connectivity index (χ2n) is 6.38. The fraction of sp³-hybridized carbons (Fsp3) is 0.286. The molecule has 0 saturated heterocycles. The quantitative estimate of drug-likeness (QED) is 0.593. The van der Waals surface area contributed by atoms with Crippen molar-refractivity contribution in [1.82, 2.24) is 14.8 Å². The Bertz CT molecular complexity index is 953. The number of aromatic nitrogens is 3. The van der Waals surface area contributed by atoms with Gasteiger partial charge in [0.25, 0.3) is 0 Å². The van der Waals surface area contributed by atoms with Crippen LogP contribution in [0.5, 0.6) is 0 Å². The summed E-state index contributed by atoms with van der Waals surface area (Å²) in [4.78, 5) is 26.9. The molecule has 0 aliphatic carbocycles. The van der Waals surface area contributed by atoms with Crippen molar-refractivity contribution in [1.29, 1.82) is 0 Å². The van der Waals surface area contributed by atoms with Crippen molar-refractivity contribution in [3.05, 3.63) is 76.7 Å². The molecule has 0 fully saturated rings. The number of hydrogen-bond donors (Lipinski definition) is 1. The first-order chi connectivity index (χ1) is 13.6. The Kier molecular flexibility index (Phi) is 6.71. The van der Waals surface area contributed by atoms with Crippen molar-refractivity contribution < 1.29 is 4.79 Å². The number of aryl methyl sites for hydroxylation is 1. The molecular formula is C21H24N4O2S. The zero-order chi connectivity index (χ0) is 19.9. The molecule has 0 spiro atoms. The lowest BCUT2D eigenvalue weighted by molar-refractivity contribution is -0.117. The van der Waals surface area contributed by atoms with Crippen LogP contribution in [0.4, 0.5) is 5.69 Å². The van der Waals surface area contributed by atoms with Crippen LogP contribution in [0.15, 0.2) is 70.6 Å². The number of hydrogen-bond acceptors (Lipinski definition) is 4. The zero-order valence-electron chi connectivity index (χ0n) is 16.0. The first-order valence-corrected chi connectivity index (χ1v) is 10.2. The minimum atomic E-state index is -0.370. The van der Waals surface area contributed by atoms with E-state index in [1.54, 1.807) is 9.47 Å². The molecular weight excluding hydrogens is 372 g/mol. The van der Waals surface area contributed by atoms with Crippen LogP contribution in [0.2, 0.25) is 0 Å². The van der Waals surface area contributed by atoms with Crippen LogP contribution < -0.4 is 10.6 Å². The van der Waals surface area contributed by atoms with Crippen LogP contribution in [0, 0.1) is 0 Å². The molecule has 0 bridgehead atoms. The van der Waals surface area contributed by atoms with Gasteiger partial charge < -0.3 is 4.90 Å². The predicted octanol–water partition coefficient (Wildman–Crippen LogP) is 3.35. The predicted molar refractivity (Wildman–Crippen MR) is 113 cm³/mol. The fourth-order valence-electron chi connectivity index (χ4n) is 2.98. The van der Waals surface area contributed by atoms with E-state index < -0.39 is 0 Å². The number of amides is 1. The number of nitrogens with one attached hydrogen (secondary N) is 1. The number of carbonyl (C=O) groups is 1. The van der Waals surface area contributed by atoms with Gasteiger partial charge in [0, 0.05) is 18.8 Å². The van der Waals surface area contributed by atoms with E-state index in [1.807, 2.05) is 74.5 Å². The molecule has 1 aromatic heterocycles. The summed E-state index contributed by atoms with van der Waals surface area (Å²) in [7, 11) is 0. The third-order valence-corrected chi connectivity index (χ3v) is 5.55. The van der Waals surface area contributed by atoms with E-state index in [1.165, 1.54) is 11.8 Å². The van der Waals surface area contributed by atoms with Gasteiger partial charge in [0.05, 0.1) is 5.25 Å². The van der Waals surface area contributed by atoms with Crippen LogP contribution in [0.25, 0.3) is 0 Å². The van der Waals surface area contributed by atoms with Gasteiger partial charge >= 0.3 is 5.69 Å². The highest BCUT2D eigenvalue weighted by atomic mass is 32.2. The molecule has 1 N–H and O–H groups in total. The smallest absolute Gasteiger partial charge is 0.312 e. The van der Waals surface area contributed by atoms with Gasteiger partial charge in [-0.2, -0.15) is 0 Å². The maximum atomic E-state index is 13.0. The van der Waals surface area contributed by atoms with Crippen molar-refractivity contribution in [2.24, 2.45) is 0 Å². The summed E-state index contributed by atoms with van der Waals surface area (Å²) in [5.41, 5.74) is 1.76. The lowest BCUT2D eigenvalue weighted by atomic mass is 10.1. The Morgan fingerprint density at radius 3 is 2.43 bits per heavy atom. The zero-order valence-corrected chi connectivity index (χ0v) is 16.9. The molecule has 1 atom stereocenters. The Morgan fingerprint density at radius 2 is 1.79 bits per heavy atom. The highest BCUT2D eigenvalue weighted by Gasteiger charge is 2.24. The molecule has 1 heterocycles. The summed E-state index contributed by atoms with van der Waals surface area (Å²) < 4.78 is 1.60. The molecule has 1 unspecified atom stereocenters. The Labute approximate surface area is 168 Å². The van der Waals surface area contributed by atoms with Crippen molar-refractivity contribution >= 4 is 23.4 Å². The second-order valence-corrected chi connectivity index (χ2v) is 7.68. The minimum Gasteiger partial charge on any atom is -0.312 e. The summed E-state index contributed by atoms with van der Waals surface area (Å²) in [6.07, 6.45) is 0.723.